The number of aromatic nitrogens is 3. The Labute approximate surface area is 373 Å². The van der Waals surface area contributed by atoms with E-state index in [0.29, 0.717) is 22.3 Å². The van der Waals surface area contributed by atoms with Gasteiger partial charge >= 0.3 is 0 Å². The van der Waals surface area contributed by atoms with Crippen molar-refractivity contribution in [3.05, 3.63) is 234 Å². The molecule has 2 aliphatic rings. The minimum atomic E-state index is -1.70. The zero-order valence-electron chi connectivity index (χ0n) is 52.3. The van der Waals surface area contributed by atoms with Gasteiger partial charge in [0.2, 0.25) is 0 Å². The van der Waals surface area contributed by atoms with Crippen LogP contribution in [0.2, 0.25) is 0 Å². The number of hydrogen-bond donors (Lipinski definition) is 0. The molecule has 0 radical (unpaired) electrons. The average molecular weight is 772 g/mol. The summed E-state index contributed by atoms with van der Waals surface area (Å²) in [6, 6.07) is 6.15. The monoisotopic (exact) mass is 771 g/mol. The van der Waals surface area contributed by atoms with Gasteiger partial charge in [0.05, 0.1) is 35.6 Å². The largest absolute Gasteiger partial charge is 0.208 e. The van der Waals surface area contributed by atoms with Crippen molar-refractivity contribution in [1.29, 1.82) is 0 Å². The lowest BCUT2D eigenvalue weighted by Gasteiger charge is -2.30. The molecule has 12 rings (SSSR count). The molecule has 9 aromatic carbocycles. The number of rotatable bonds is 5. The maximum Gasteiger partial charge on any atom is 0.164 e. The molecule has 2 aliphatic carbocycles. The lowest BCUT2D eigenvalue weighted by Crippen LogP contribution is -2.25. The molecule has 0 unspecified atom stereocenters. The van der Waals surface area contributed by atoms with Crippen LogP contribution in [0, 0.1) is 0 Å². The van der Waals surface area contributed by atoms with Crippen LogP contribution >= 0.6 is 0 Å². The highest BCUT2D eigenvalue weighted by molar-refractivity contribution is 6.00. The molecule has 0 atom stereocenters. The second-order valence-corrected chi connectivity index (χ2v) is 13.8. The fourth-order valence-electron chi connectivity index (χ4n) is 8.13. The molecular formula is C56H35N3. The first-order valence-electron chi connectivity index (χ1n) is 29.4. The third-order valence-corrected chi connectivity index (χ3v) is 10.6. The van der Waals surface area contributed by atoms with Crippen molar-refractivity contribution in [2.45, 2.75) is 5.41 Å². The fourth-order valence-corrected chi connectivity index (χ4v) is 8.13. The first-order valence-corrected chi connectivity index (χ1v) is 18.4. The Morgan fingerprint density at radius 3 is 1.53 bits per heavy atom. The average Bonchev–Trinajstić information content (AvgIpc) is 2.18. The molecule has 1 heterocycles. The van der Waals surface area contributed by atoms with E-state index >= 15 is 0 Å². The van der Waals surface area contributed by atoms with Crippen molar-refractivity contribution in [1.82, 2.24) is 15.0 Å². The Morgan fingerprint density at radius 2 is 0.831 bits per heavy atom. The SMILES string of the molecule is [2H]c1c([2H])c([2H])c2c(c1[2H])-c1c(-c3c([2H])c([2H])c(-c4nc(-c5ccccc5)nc(-c5c([2H])c([2H])c(-c6c([2H])c([2H])c7c([2H])c([2H])c([2H])c([2H])c7c6[2H])c([2H])c5[2H])n4)c([2H])c3[2H])c([2H])c([2H])c([2H])c1C21c2ccccc2-c2ccccc21. The second-order valence-electron chi connectivity index (χ2n) is 13.8. The molecule has 0 aliphatic heterocycles. The molecule has 0 saturated carbocycles. The molecule has 0 N–H and O–H groups in total. The molecule has 0 fully saturated rings. The minimum absolute atomic E-state index is 0.00966. The van der Waals surface area contributed by atoms with Crippen molar-refractivity contribution in [3.8, 4) is 78.7 Å². The molecule has 1 aromatic heterocycles. The van der Waals surface area contributed by atoms with Crippen molar-refractivity contribution >= 4 is 10.8 Å². The van der Waals surface area contributed by atoms with Gasteiger partial charge in [-0.15, -0.1) is 0 Å². The van der Waals surface area contributed by atoms with Gasteiger partial charge in [0.1, 0.15) is 0 Å². The molecule has 0 amide bonds. The van der Waals surface area contributed by atoms with Gasteiger partial charge in [-0.1, -0.05) is 206 Å². The Bertz CT molecular complexity index is 4460. The highest BCUT2D eigenvalue weighted by Crippen LogP contribution is 2.63. The van der Waals surface area contributed by atoms with Crippen LogP contribution in [0.25, 0.3) is 89.4 Å². The van der Waals surface area contributed by atoms with Crippen molar-refractivity contribution in [3.63, 3.8) is 0 Å². The van der Waals surface area contributed by atoms with E-state index in [9.17, 15) is 17.8 Å². The quantitative estimate of drug-likeness (QED) is 0.175. The van der Waals surface area contributed by atoms with Gasteiger partial charge in [-0.2, -0.15) is 0 Å². The van der Waals surface area contributed by atoms with Crippen molar-refractivity contribution in [2.75, 3.05) is 0 Å². The van der Waals surface area contributed by atoms with E-state index in [2.05, 4.69) is 15.0 Å². The van der Waals surface area contributed by atoms with Crippen LogP contribution in [0.15, 0.2) is 212 Å². The Balaban J connectivity index is 1.12. The lowest BCUT2D eigenvalue weighted by atomic mass is 9.70. The minimum Gasteiger partial charge on any atom is -0.208 e. The fraction of sp³-hybridized carbons (Fsp3) is 0.0179. The highest BCUT2D eigenvalue weighted by atomic mass is 15.0. The van der Waals surface area contributed by atoms with Crippen molar-refractivity contribution in [2.24, 2.45) is 0 Å². The maximum absolute atomic E-state index is 9.75. The van der Waals surface area contributed by atoms with E-state index in [-0.39, 0.29) is 33.6 Å². The number of fused-ring (bicyclic) bond motifs is 11. The summed E-state index contributed by atoms with van der Waals surface area (Å²) in [4.78, 5) is 13.6. The van der Waals surface area contributed by atoms with Gasteiger partial charge in [0.15, 0.2) is 17.5 Å². The summed E-state index contributed by atoms with van der Waals surface area (Å²) in [5.41, 5.74) is -2.82. The Morgan fingerprint density at radius 1 is 0.322 bits per heavy atom. The Hall–Kier alpha value is -7.75. The zero-order valence-corrected chi connectivity index (χ0v) is 30.3. The zero-order chi connectivity index (χ0) is 58.1. The third kappa shape index (κ3) is 5.11. The van der Waals surface area contributed by atoms with Gasteiger partial charge in [0.25, 0.3) is 0 Å². The first-order chi connectivity index (χ1) is 38.4. The van der Waals surface area contributed by atoms with Crippen molar-refractivity contribution < 1.29 is 30.2 Å². The molecule has 0 bridgehead atoms. The van der Waals surface area contributed by atoms with Gasteiger partial charge in [-0.3, -0.25) is 0 Å². The van der Waals surface area contributed by atoms with Gasteiger partial charge in [-0.25, -0.2) is 15.0 Å². The van der Waals surface area contributed by atoms with E-state index in [1.54, 1.807) is 66.7 Å². The maximum atomic E-state index is 9.75. The van der Waals surface area contributed by atoms with Crippen LogP contribution < -0.4 is 0 Å². The van der Waals surface area contributed by atoms with E-state index in [1.807, 2.05) is 12.1 Å². The van der Waals surface area contributed by atoms with Gasteiger partial charge in [-0.05, 0) is 83.6 Å². The Kier molecular flexibility index (Phi) is 4.07. The van der Waals surface area contributed by atoms with Crippen LogP contribution in [0.4, 0.5) is 0 Å². The molecule has 0 saturated heterocycles. The summed E-state index contributed by atoms with van der Waals surface area (Å²) in [6.45, 7) is 0. The van der Waals surface area contributed by atoms with Crippen LogP contribution in [0.5, 0.6) is 0 Å². The molecule has 59 heavy (non-hydrogen) atoms. The predicted molar refractivity (Wildman–Crippen MR) is 241 cm³/mol. The number of benzene rings is 9. The first kappa shape index (κ1) is 18.2. The van der Waals surface area contributed by atoms with E-state index in [1.165, 1.54) is 0 Å². The molecule has 3 heteroatoms. The molecule has 274 valence electrons. The van der Waals surface area contributed by atoms with E-state index in [0.717, 1.165) is 0 Å². The standard InChI is InChI=1S/C56H35N3/c1-2-14-39(15-3-1)53-57-54(40-30-25-37(26-31-40)43-34-27-36-13-4-5-16-42(36)35-43)59-55(58-53)41-32-28-38(29-33-41)44-20-12-24-51-52(44)47-19-8-11-23-50(47)56(51)48-21-9-6-17-45(48)46-18-7-10-22-49(46)56/h1-35H/i4D,5D,8D,11D,12D,13D,16D,19D,20D,23D,24D,25D,26D,27D,28D,29D,30D,31D,32D,33D,34D,35D. The van der Waals surface area contributed by atoms with E-state index < -0.39 is 194 Å². The number of nitrogens with zero attached hydrogens (tertiary/aromatic N) is 3. The summed E-state index contributed by atoms with van der Waals surface area (Å²) in [7, 11) is 0. The summed E-state index contributed by atoms with van der Waals surface area (Å²) in [6.07, 6.45) is 0. The third-order valence-electron chi connectivity index (χ3n) is 10.6. The normalized spacial score (nSPS) is 18.1. The summed E-state index contributed by atoms with van der Waals surface area (Å²) in [5, 5.41) is -0.936. The second kappa shape index (κ2) is 13.2. The van der Waals surface area contributed by atoms with Crippen LogP contribution in [-0.2, 0) is 5.41 Å². The lowest BCUT2D eigenvalue weighted by molar-refractivity contribution is 0.794. The predicted octanol–water partition coefficient (Wildman–Crippen LogP) is 13.7. The van der Waals surface area contributed by atoms with Crippen LogP contribution in [0.1, 0.15) is 52.4 Å². The molecule has 1 spiro atoms. The summed E-state index contributed by atoms with van der Waals surface area (Å²) < 4.78 is 202. The smallest absolute Gasteiger partial charge is 0.164 e. The van der Waals surface area contributed by atoms with Gasteiger partial charge < -0.3 is 0 Å². The summed E-state index contributed by atoms with van der Waals surface area (Å²) >= 11 is 0. The van der Waals surface area contributed by atoms with Gasteiger partial charge in [0, 0.05) is 16.7 Å². The van der Waals surface area contributed by atoms with Crippen LogP contribution in [0.3, 0.4) is 0 Å². The van der Waals surface area contributed by atoms with E-state index in [4.69, 9.17) is 12.3 Å². The highest BCUT2D eigenvalue weighted by Gasteiger charge is 2.51. The number of hydrogen-bond acceptors (Lipinski definition) is 3. The topological polar surface area (TPSA) is 38.7 Å². The molecule has 3 nitrogen and oxygen atoms in total. The molecule has 10 aromatic rings. The van der Waals surface area contributed by atoms with Crippen LogP contribution in [-0.4, -0.2) is 15.0 Å². The molecular weight excluding hydrogens is 715 g/mol. The summed E-state index contributed by atoms with van der Waals surface area (Å²) in [5.74, 6) is -1.34.